The Bertz CT molecular complexity index is 1190. The van der Waals surface area contributed by atoms with E-state index in [0.29, 0.717) is 22.6 Å². The highest BCUT2D eigenvalue weighted by atomic mass is 32.2. The quantitative estimate of drug-likeness (QED) is 0.453. The Hall–Kier alpha value is -3.13. The Morgan fingerprint density at radius 2 is 1.87 bits per heavy atom. The van der Waals surface area contributed by atoms with Crippen molar-refractivity contribution in [1.82, 2.24) is 20.2 Å². The van der Waals surface area contributed by atoms with E-state index in [9.17, 15) is 14.4 Å². The van der Waals surface area contributed by atoms with Crippen molar-refractivity contribution in [3.63, 3.8) is 0 Å². The molecule has 0 bridgehead atoms. The summed E-state index contributed by atoms with van der Waals surface area (Å²) in [6, 6.07) is 12.5. The first-order valence-corrected chi connectivity index (χ1v) is 11.0. The van der Waals surface area contributed by atoms with Crippen LogP contribution in [0.2, 0.25) is 0 Å². The molecule has 0 fully saturated rings. The molecule has 162 valence electrons. The number of urea groups is 1. The molecule has 1 aromatic heterocycles. The van der Waals surface area contributed by atoms with Gasteiger partial charge in [0.1, 0.15) is 0 Å². The van der Waals surface area contributed by atoms with E-state index in [0.717, 1.165) is 28.6 Å². The maximum absolute atomic E-state index is 13.3. The van der Waals surface area contributed by atoms with Gasteiger partial charge in [0.15, 0.2) is 5.16 Å². The van der Waals surface area contributed by atoms with Gasteiger partial charge in [-0.1, -0.05) is 49.9 Å². The number of fused-ring (bicyclic) bond motifs is 1. The van der Waals surface area contributed by atoms with Gasteiger partial charge in [0.2, 0.25) is 5.91 Å². The van der Waals surface area contributed by atoms with Crippen molar-refractivity contribution in [2.45, 2.75) is 32.9 Å². The van der Waals surface area contributed by atoms with E-state index in [1.165, 1.54) is 0 Å². The number of thioether (sulfide) groups is 1. The molecule has 2 aromatic carbocycles. The summed E-state index contributed by atoms with van der Waals surface area (Å²) in [6.07, 6.45) is 0. The second kappa shape index (κ2) is 9.78. The van der Waals surface area contributed by atoms with Crippen molar-refractivity contribution in [3.05, 3.63) is 63.9 Å². The highest BCUT2D eigenvalue weighted by Gasteiger charge is 2.17. The molecule has 0 saturated carbocycles. The smallest absolute Gasteiger partial charge is 0.321 e. The number of carbonyl (C=O) groups is 2. The lowest BCUT2D eigenvalue weighted by Crippen LogP contribution is -2.41. The second-order valence-corrected chi connectivity index (χ2v) is 8.73. The SMILES string of the molecule is Cc1ccc(C)c(-n2c(SCC(=O)NC(=O)NCC(C)C)nc3ccccc3c2=O)c1. The Morgan fingerprint density at radius 1 is 1.13 bits per heavy atom. The van der Waals surface area contributed by atoms with Crippen LogP contribution < -0.4 is 16.2 Å². The highest BCUT2D eigenvalue weighted by molar-refractivity contribution is 7.99. The number of para-hydroxylation sites is 1. The van der Waals surface area contributed by atoms with Crippen LogP contribution in [0.15, 0.2) is 52.4 Å². The van der Waals surface area contributed by atoms with E-state index in [4.69, 9.17) is 0 Å². The zero-order chi connectivity index (χ0) is 22.5. The minimum absolute atomic E-state index is 0.0509. The molecule has 2 N–H and O–H groups in total. The Labute approximate surface area is 185 Å². The van der Waals surface area contributed by atoms with Gasteiger partial charge < -0.3 is 5.32 Å². The van der Waals surface area contributed by atoms with Gasteiger partial charge in [0, 0.05) is 6.54 Å². The van der Waals surface area contributed by atoms with Crippen LogP contribution >= 0.6 is 11.8 Å². The van der Waals surface area contributed by atoms with Crippen molar-refractivity contribution in [2.24, 2.45) is 5.92 Å². The molecule has 8 heteroatoms. The fraction of sp³-hybridized carbons (Fsp3) is 0.304. The summed E-state index contributed by atoms with van der Waals surface area (Å²) < 4.78 is 1.54. The molecule has 0 unspecified atom stereocenters. The average Bonchev–Trinajstić information content (AvgIpc) is 2.73. The fourth-order valence-corrected chi connectivity index (χ4v) is 3.82. The highest BCUT2D eigenvalue weighted by Crippen LogP contribution is 2.23. The van der Waals surface area contributed by atoms with Crippen molar-refractivity contribution in [3.8, 4) is 5.69 Å². The van der Waals surface area contributed by atoms with Crippen LogP contribution in [0.3, 0.4) is 0 Å². The third kappa shape index (κ3) is 5.52. The molecule has 3 amide bonds. The number of benzene rings is 2. The average molecular weight is 439 g/mol. The van der Waals surface area contributed by atoms with Crippen LogP contribution in [-0.4, -0.2) is 33.8 Å². The van der Waals surface area contributed by atoms with Crippen molar-refractivity contribution >= 4 is 34.6 Å². The molecule has 1 heterocycles. The van der Waals surface area contributed by atoms with Crippen molar-refractivity contribution in [2.75, 3.05) is 12.3 Å². The van der Waals surface area contributed by atoms with E-state index >= 15 is 0 Å². The number of amides is 3. The predicted octanol–water partition coefficient (Wildman–Crippen LogP) is 3.58. The minimum Gasteiger partial charge on any atom is -0.338 e. The molecule has 0 radical (unpaired) electrons. The topological polar surface area (TPSA) is 93.1 Å². The number of hydrogen-bond acceptors (Lipinski definition) is 5. The van der Waals surface area contributed by atoms with Gasteiger partial charge >= 0.3 is 6.03 Å². The van der Waals surface area contributed by atoms with Crippen LogP contribution in [-0.2, 0) is 4.79 Å². The van der Waals surface area contributed by atoms with Gasteiger partial charge in [0.25, 0.3) is 5.56 Å². The normalized spacial score (nSPS) is 11.0. The summed E-state index contributed by atoms with van der Waals surface area (Å²) in [4.78, 5) is 42.1. The number of aromatic nitrogens is 2. The Balaban J connectivity index is 1.92. The van der Waals surface area contributed by atoms with Crippen LogP contribution in [0.1, 0.15) is 25.0 Å². The molecule has 3 rings (SSSR count). The van der Waals surface area contributed by atoms with Gasteiger partial charge in [-0.15, -0.1) is 0 Å². The lowest BCUT2D eigenvalue weighted by atomic mass is 10.1. The van der Waals surface area contributed by atoms with Crippen LogP contribution in [0.25, 0.3) is 16.6 Å². The molecular formula is C23H26N4O3S. The van der Waals surface area contributed by atoms with Crippen LogP contribution in [0.5, 0.6) is 0 Å². The minimum atomic E-state index is -0.530. The van der Waals surface area contributed by atoms with Gasteiger partial charge in [-0.2, -0.15) is 0 Å². The number of rotatable bonds is 6. The molecule has 0 aliphatic heterocycles. The van der Waals surface area contributed by atoms with E-state index < -0.39 is 11.9 Å². The summed E-state index contributed by atoms with van der Waals surface area (Å²) in [5.41, 5.74) is 3.02. The first kappa shape index (κ1) is 22.6. The van der Waals surface area contributed by atoms with E-state index in [-0.39, 0.29) is 17.2 Å². The van der Waals surface area contributed by atoms with Gasteiger partial charge in [-0.05, 0) is 49.1 Å². The number of nitrogens with one attached hydrogen (secondary N) is 2. The fourth-order valence-electron chi connectivity index (χ4n) is 3.02. The maximum Gasteiger partial charge on any atom is 0.321 e. The van der Waals surface area contributed by atoms with Crippen LogP contribution in [0, 0.1) is 19.8 Å². The molecule has 31 heavy (non-hydrogen) atoms. The standard InChI is InChI=1S/C23H26N4O3S/c1-14(2)12-24-22(30)26-20(28)13-31-23-25-18-8-6-5-7-17(18)21(29)27(23)19-11-15(3)9-10-16(19)4/h5-11,14H,12-13H2,1-4H3,(H2,24,26,28,30). The largest absolute Gasteiger partial charge is 0.338 e. The summed E-state index contributed by atoms with van der Waals surface area (Å²) in [5, 5.41) is 5.86. The Morgan fingerprint density at radius 3 is 2.61 bits per heavy atom. The summed E-state index contributed by atoms with van der Waals surface area (Å²) in [6.45, 7) is 8.30. The number of carbonyl (C=O) groups excluding carboxylic acids is 2. The first-order valence-electron chi connectivity index (χ1n) is 10.1. The first-order chi connectivity index (χ1) is 14.8. The molecule has 0 aliphatic carbocycles. The molecule has 0 spiro atoms. The van der Waals surface area contributed by atoms with Gasteiger partial charge in [0.05, 0.1) is 22.3 Å². The monoisotopic (exact) mass is 438 g/mol. The molecule has 3 aromatic rings. The van der Waals surface area contributed by atoms with E-state index in [1.807, 2.05) is 52.0 Å². The van der Waals surface area contributed by atoms with Gasteiger partial charge in [-0.25, -0.2) is 9.78 Å². The van der Waals surface area contributed by atoms with Crippen LogP contribution in [0.4, 0.5) is 4.79 Å². The lowest BCUT2D eigenvalue weighted by molar-refractivity contribution is -0.117. The number of nitrogens with zero attached hydrogens (tertiary/aromatic N) is 2. The number of hydrogen-bond donors (Lipinski definition) is 2. The molecule has 7 nitrogen and oxygen atoms in total. The Kier molecular flexibility index (Phi) is 7.12. The summed E-state index contributed by atoms with van der Waals surface area (Å²) >= 11 is 1.12. The second-order valence-electron chi connectivity index (χ2n) is 7.78. The molecule has 0 atom stereocenters. The zero-order valence-electron chi connectivity index (χ0n) is 18.1. The van der Waals surface area contributed by atoms with Crippen molar-refractivity contribution < 1.29 is 9.59 Å². The summed E-state index contributed by atoms with van der Waals surface area (Å²) in [7, 11) is 0. The molecular weight excluding hydrogens is 412 g/mol. The maximum atomic E-state index is 13.3. The van der Waals surface area contributed by atoms with Gasteiger partial charge in [-0.3, -0.25) is 19.5 Å². The number of imide groups is 1. The number of aryl methyl sites for hydroxylation is 2. The molecule has 0 aliphatic rings. The predicted molar refractivity (Wildman–Crippen MR) is 124 cm³/mol. The zero-order valence-corrected chi connectivity index (χ0v) is 18.9. The lowest BCUT2D eigenvalue weighted by Gasteiger charge is -2.15. The van der Waals surface area contributed by atoms with E-state index in [2.05, 4.69) is 15.6 Å². The third-order valence-electron chi connectivity index (χ3n) is 4.61. The third-order valence-corrected chi connectivity index (χ3v) is 5.55. The van der Waals surface area contributed by atoms with Crippen molar-refractivity contribution in [1.29, 1.82) is 0 Å². The molecule has 0 saturated heterocycles. The summed E-state index contributed by atoms with van der Waals surface area (Å²) in [5.74, 6) is -0.227. The van der Waals surface area contributed by atoms with E-state index in [1.54, 1.807) is 22.8 Å².